The zero-order valence-corrected chi connectivity index (χ0v) is 15.9. The third-order valence-corrected chi connectivity index (χ3v) is 5.50. The molecule has 0 amide bonds. The predicted molar refractivity (Wildman–Crippen MR) is 103 cm³/mol. The van der Waals surface area contributed by atoms with Gasteiger partial charge in [-0.3, -0.25) is 13.8 Å². The fraction of sp³-hybridized carbons (Fsp3) is 0.263. The van der Waals surface area contributed by atoms with Crippen molar-refractivity contribution >= 4 is 23.5 Å². The van der Waals surface area contributed by atoms with E-state index in [1.165, 1.54) is 29.6 Å². The number of hydrogen-bond acceptors (Lipinski definition) is 6. The molecule has 0 radical (unpaired) electrons. The third-order valence-electron chi connectivity index (χ3n) is 4.36. The first-order valence-corrected chi connectivity index (χ1v) is 9.73. The molecule has 6 nitrogen and oxygen atoms in total. The fourth-order valence-corrected chi connectivity index (χ4v) is 3.98. The maximum absolute atomic E-state index is 14.2. The van der Waals surface area contributed by atoms with Crippen LogP contribution in [-0.2, 0) is 6.54 Å². The average molecular weight is 401 g/mol. The van der Waals surface area contributed by atoms with Crippen molar-refractivity contribution in [2.24, 2.45) is 0 Å². The van der Waals surface area contributed by atoms with Crippen LogP contribution in [0.25, 0.3) is 11.5 Å². The van der Waals surface area contributed by atoms with E-state index in [9.17, 15) is 13.6 Å². The van der Waals surface area contributed by atoms with Crippen LogP contribution in [0.1, 0.15) is 29.4 Å². The molecule has 28 heavy (non-hydrogen) atoms. The van der Waals surface area contributed by atoms with Crippen molar-refractivity contribution < 1.29 is 13.6 Å². The standard InChI is InChI=1S/C19H17F2N5OS/c1-12(27)17-9-16(24-25(17)11-13-5-2-3-6-14(13)20)18-22-10-15(21)19(23-18)26-7-4-8-28-26/h2-3,5-6,9-10H,4,7-8,11H2,1H3. The molecular formula is C19H17F2N5OS. The molecule has 1 fully saturated rings. The molecule has 0 saturated carbocycles. The molecule has 3 aromatic rings. The zero-order chi connectivity index (χ0) is 19.7. The van der Waals surface area contributed by atoms with Crippen LogP contribution < -0.4 is 4.31 Å². The Kier molecular flexibility index (Phi) is 5.08. The number of aromatic nitrogens is 4. The van der Waals surface area contributed by atoms with Gasteiger partial charge in [0.05, 0.1) is 12.7 Å². The van der Waals surface area contributed by atoms with E-state index < -0.39 is 5.82 Å². The van der Waals surface area contributed by atoms with Crippen LogP contribution in [0, 0.1) is 11.6 Å². The number of carbonyl (C=O) groups excluding carboxylic acids is 1. The number of carbonyl (C=O) groups is 1. The molecule has 0 unspecified atom stereocenters. The van der Waals surface area contributed by atoms with E-state index in [2.05, 4.69) is 15.1 Å². The van der Waals surface area contributed by atoms with Gasteiger partial charge in [0.15, 0.2) is 23.2 Å². The molecule has 0 spiro atoms. The van der Waals surface area contributed by atoms with Gasteiger partial charge in [-0.2, -0.15) is 5.10 Å². The molecule has 3 heterocycles. The highest BCUT2D eigenvalue weighted by Crippen LogP contribution is 2.30. The molecule has 0 N–H and O–H groups in total. The van der Waals surface area contributed by atoms with E-state index in [-0.39, 0.29) is 29.8 Å². The number of nitrogens with zero attached hydrogens (tertiary/aromatic N) is 5. The number of rotatable bonds is 5. The van der Waals surface area contributed by atoms with Crippen molar-refractivity contribution in [3.8, 4) is 11.5 Å². The van der Waals surface area contributed by atoms with Crippen LogP contribution in [0.4, 0.5) is 14.6 Å². The number of Topliss-reactive ketones (excluding diaryl/α,β-unsaturated/α-hetero) is 1. The molecule has 0 atom stereocenters. The van der Waals surface area contributed by atoms with Gasteiger partial charge in [0.25, 0.3) is 0 Å². The molecule has 2 aromatic heterocycles. The van der Waals surface area contributed by atoms with E-state index in [0.29, 0.717) is 23.5 Å². The van der Waals surface area contributed by atoms with Crippen molar-refractivity contribution in [1.82, 2.24) is 19.7 Å². The molecular weight excluding hydrogens is 384 g/mol. The summed E-state index contributed by atoms with van der Waals surface area (Å²) in [5.41, 5.74) is 1.06. The van der Waals surface area contributed by atoms with Gasteiger partial charge in [-0.05, 0) is 30.5 Å². The Bertz CT molecular complexity index is 1030. The van der Waals surface area contributed by atoms with Crippen molar-refractivity contribution in [3.05, 3.63) is 59.4 Å². The minimum absolute atomic E-state index is 0.0949. The second kappa shape index (κ2) is 7.67. The van der Waals surface area contributed by atoms with Gasteiger partial charge in [0.1, 0.15) is 17.2 Å². The van der Waals surface area contributed by atoms with Gasteiger partial charge >= 0.3 is 0 Å². The van der Waals surface area contributed by atoms with Crippen molar-refractivity contribution in [2.45, 2.75) is 19.9 Å². The number of anilines is 1. The smallest absolute Gasteiger partial charge is 0.184 e. The lowest BCUT2D eigenvalue weighted by molar-refractivity contribution is 0.100. The highest BCUT2D eigenvalue weighted by atomic mass is 32.2. The highest BCUT2D eigenvalue weighted by molar-refractivity contribution is 8.00. The second-order valence-electron chi connectivity index (χ2n) is 6.37. The average Bonchev–Trinajstić information content (AvgIpc) is 3.34. The largest absolute Gasteiger partial charge is 0.298 e. The second-order valence-corrected chi connectivity index (χ2v) is 7.48. The topological polar surface area (TPSA) is 63.9 Å². The van der Waals surface area contributed by atoms with E-state index in [1.807, 2.05) is 0 Å². The van der Waals surface area contributed by atoms with Gasteiger partial charge in [-0.25, -0.2) is 18.7 Å². The Morgan fingerprint density at radius 2 is 2.07 bits per heavy atom. The molecule has 0 bridgehead atoms. The molecule has 1 aliphatic heterocycles. The van der Waals surface area contributed by atoms with Gasteiger partial charge in [-0.15, -0.1) is 0 Å². The van der Waals surface area contributed by atoms with Gasteiger partial charge in [-0.1, -0.05) is 18.2 Å². The van der Waals surface area contributed by atoms with E-state index >= 15 is 0 Å². The summed E-state index contributed by atoms with van der Waals surface area (Å²) in [4.78, 5) is 20.4. The normalized spacial score (nSPS) is 13.9. The minimum atomic E-state index is -0.504. The summed E-state index contributed by atoms with van der Waals surface area (Å²) in [6.45, 7) is 2.21. The summed E-state index contributed by atoms with van der Waals surface area (Å²) >= 11 is 1.51. The predicted octanol–water partition coefficient (Wildman–Crippen LogP) is 3.73. The van der Waals surface area contributed by atoms with Crippen LogP contribution in [0.15, 0.2) is 36.5 Å². The lowest BCUT2D eigenvalue weighted by Gasteiger charge is -2.15. The van der Waals surface area contributed by atoms with Crippen LogP contribution in [0.3, 0.4) is 0 Å². The summed E-state index contributed by atoms with van der Waals surface area (Å²) < 4.78 is 31.4. The Balaban J connectivity index is 1.72. The fourth-order valence-electron chi connectivity index (χ4n) is 2.99. The zero-order valence-electron chi connectivity index (χ0n) is 15.1. The van der Waals surface area contributed by atoms with Crippen LogP contribution in [0.2, 0.25) is 0 Å². The number of benzene rings is 1. The first-order chi connectivity index (χ1) is 13.5. The van der Waals surface area contributed by atoms with E-state index in [0.717, 1.165) is 18.4 Å². The summed E-state index contributed by atoms with van der Waals surface area (Å²) in [6.07, 6.45) is 2.06. The number of hydrogen-bond donors (Lipinski definition) is 0. The quantitative estimate of drug-likeness (QED) is 0.480. The Morgan fingerprint density at radius 1 is 1.25 bits per heavy atom. The number of ketones is 1. The summed E-state index contributed by atoms with van der Waals surface area (Å²) in [7, 11) is 0. The lowest BCUT2D eigenvalue weighted by Crippen LogP contribution is -2.13. The molecule has 9 heteroatoms. The van der Waals surface area contributed by atoms with Crippen LogP contribution in [0.5, 0.6) is 0 Å². The Morgan fingerprint density at radius 3 is 2.79 bits per heavy atom. The van der Waals surface area contributed by atoms with E-state index in [1.54, 1.807) is 28.6 Å². The first kappa shape index (κ1) is 18.5. The van der Waals surface area contributed by atoms with Gasteiger partial charge in [0.2, 0.25) is 0 Å². The Hall–Kier alpha value is -2.81. The molecule has 144 valence electrons. The van der Waals surface area contributed by atoms with Crippen molar-refractivity contribution in [1.29, 1.82) is 0 Å². The molecule has 0 aliphatic carbocycles. The molecule has 1 aromatic carbocycles. The SMILES string of the molecule is CC(=O)c1cc(-c2ncc(F)c(N3CCCS3)n2)nn1Cc1ccccc1F. The summed E-state index contributed by atoms with van der Waals surface area (Å²) in [6, 6.07) is 7.87. The maximum atomic E-state index is 14.2. The summed E-state index contributed by atoms with van der Waals surface area (Å²) in [5.74, 6) is 0.243. The van der Waals surface area contributed by atoms with Gasteiger partial charge in [0, 0.05) is 24.8 Å². The van der Waals surface area contributed by atoms with Crippen LogP contribution >= 0.6 is 11.9 Å². The van der Waals surface area contributed by atoms with Crippen molar-refractivity contribution in [3.63, 3.8) is 0 Å². The maximum Gasteiger partial charge on any atom is 0.184 e. The molecule has 1 aliphatic rings. The summed E-state index contributed by atoms with van der Waals surface area (Å²) in [5, 5.41) is 4.39. The Labute approximate surface area is 164 Å². The third kappa shape index (κ3) is 3.62. The molecule has 4 rings (SSSR count). The highest BCUT2D eigenvalue weighted by Gasteiger charge is 2.22. The van der Waals surface area contributed by atoms with E-state index in [4.69, 9.17) is 0 Å². The lowest BCUT2D eigenvalue weighted by atomic mass is 10.2. The van der Waals surface area contributed by atoms with Crippen molar-refractivity contribution in [2.75, 3.05) is 16.6 Å². The van der Waals surface area contributed by atoms with Crippen LogP contribution in [-0.4, -0.2) is 37.8 Å². The van der Waals surface area contributed by atoms with Gasteiger partial charge < -0.3 is 0 Å². The first-order valence-electron chi connectivity index (χ1n) is 8.78. The molecule has 1 saturated heterocycles. The monoisotopic (exact) mass is 401 g/mol. The number of halogens is 2. The minimum Gasteiger partial charge on any atom is -0.298 e.